The maximum absolute atomic E-state index is 12.9. The number of furan rings is 1. The SMILES string of the molecule is CC(C)C(=O)N(Cc1cccc(OS(=O)(=O)c2cccc(C(F)(F)F)c2)c1)Cc1ccco1. The monoisotopic (exact) mass is 481 g/mol. The van der Waals surface area contributed by atoms with Gasteiger partial charge in [-0.2, -0.15) is 21.6 Å². The molecular formula is C23H22F3NO5S. The molecule has 0 aliphatic heterocycles. The lowest BCUT2D eigenvalue weighted by Crippen LogP contribution is -2.33. The molecule has 0 saturated heterocycles. The summed E-state index contributed by atoms with van der Waals surface area (Å²) in [7, 11) is -4.51. The summed E-state index contributed by atoms with van der Waals surface area (Å²) in [6.45, 7) is 3.90. The van der Waals surface area contributed by atoms with Crippen molar-refractivity contribution in [2.24, 2.45) is 5.92 Å². The number of nitrogens with zero attached hydrogens (tertiary/aromatic N) is 1. The quantitative estimate of drug-likeness (QED) is 0.411. The second-order valence-corrected chi connectivity index (χ2v) is 9.19. The number of hydrogen-bond acceptors (Lipinski definition) is 5. The van der Waals surface area contributed by atoms with Crippen LogP contribution in [-0.2, 0) is 34.2 Å². The molecule has 10 heteroatoms. The predicted molar refractivity (Wildman–Crippen MR) is 113 cm³/mol. The van der Waals surface area contributed by atoms with Gasteiger partial charge < -0.3 is 13.5 Å². The number of rotatable bonds is 8. The van der Waals surface area contributed by atoms with Crippen LogP contribution >= 0.6 is 0 Å². The highest BCUT2D eigenvalue weighted by atomic mass is 32.2. The minimum atomic E-state index is -4.69. The second kappa shape index (κ2) is 9.70. The standard InChI is InChI=1S/C23H22F3NO5S/c1-16(2)22(28)27(15-20-9-5-11-31-20)14-17-6-3-8-19(12-17)32-33(29,30)21-10-4-7-18(13-21)23(24,25)26/h3-13,16H,14-15H2,1-2H3. The molecule has 0 spiro atoms. The molecule has 0 saturated carbocycles. The largest absolute Gasteiger partial charge is 0.467 e. The van der Waals surface area contributed by atoms with E-state index < -0.39 is 26.8 Å². The predicted octanol–water partition coefficient (Wildman–Crippen LogP) is 5.25. The zero-order valence-corrected chi connectivity index (χ0v) is 18.7. The number of carbonyl (C=O) groups excluding carboxylic acids is 1. The lowest BCUT2D eigenvalue weighted by molar-refractivity contribution is -0.138. The number of hydrogen-bond donors (Lipinski definition) is 0. The molecule has 0 unspecified atom stereocenters. The van der Waals surface area contributed by atoms with Crippen LogP contribution in [-0.4, -0.2) is 19.2 Å². The van der Waals surface area contributed by atoms with Crippen LogP contribution in [0.2, 0.25) is 0 Å². The van der Waals surface area contributed by atoms with Crippen molar-refractivity contribution in [3.63, 3.8) is 0 Å². The van der Waals surface area contributed by atoms with Crippen LogP contribution < -0.4 is 4.18 Å². The molecule has 0 aliphatic carbocycles. The maximum atomic E-state index is 12.9. The van der Waals surface area contributed by atoms with E-state index in [9.17, 15) is 26.4 Å². The molecule has 3 aromatic rings. The molecule has 0 radical (unpaired) electrons. The Morgan fingerprint density at radius 2 is 1.76 bits per heavy atom. The van der Waals surface area contributed by atoms with Crippen molar-refractivity contribution < 1.29 is 35.0 Å². The first kappa shape index (κ1) is 24.4. The highest BCUT2D eigenvalue weighted by molar-refractivity contribution is 7.87. The first-order valence-electron chi connectivity index (χ1n) is 9.97. The Morgan fingerprint density at radius 3 is 2.39 bits per heavy atom. The summed E-state index contributed by atoms with van der Waals surface area (Å²) in [5, 5.41) is 0. The van der Waals surface area contributed by atoms with Crippen LogP contribution in [0.1, 0.15) is 30.7 Å². The third-order valence-electron chi connectivity index (χ3n) is 4.66. The van der Waals surface area contributed by atoms with Gasteiger partial charge in [-0.3, -0.25) is 4.79 Å². The smallest absolute Gasteiger partial charge is 0.416 e. The van der Waals surface area contributed by atoms with E-state index in [0.717, 1.165) is 18.2 Å². The van der Waals surface area contributed by atoms with E-state index in [-0.39, 0.29) is 30.7 Å². The number of carbonyl (C=O) groups is 1. The minimum absolute atomic E-state index is 0.0835. The van der Waals surface area contributed by atoms with Crippen molar-refractivity contribution in [2.75, 3.05) is 0 Å². The van der Waals surface area contributed by atoms with Gasteiger partial charge in [0, 0.05) is 12.5 Å². The fourth-order valence-corrected chi connectivity index (χ4v) is 4.06. The molecule has 33 heavy (non-hydrogen) atoms. The Kier molecular flexibility index (Phi) is 7.16. The van der Waals surface area contributed by atoms with Gasteiger partial charge in [0.15, 0.2) is 0 Å². The molecule has 1 amide bonds. The van der Waals surface area contributed by atoms with E-state index in [4.69, 9.17) is 8.60 Å². The third-order valence-corrected chi connectivity index (χ3v) is 5.90. The normalized spacial score (nSPS) is 12.1. The molecule has 1 aromatic heterocycles. The van der Waals surface area contributed by atoms with Crippen LogP contribution in [0, 0.1) is 5.92 Å². The summed E-state index contributed by atoms with van der Waals surface area (Å²) in [6, 6.07) is 12.8. The van der Waals surface area contributed by atoms with Gasteiger partial charge in [-0.05, 0) is 48.0 Å². The van der Waals surface area contributed by atoms with Crippen molar-refractivity contribution in [1.82, 2.24) is 4.90 Å². The van der Waals surface area contributed by atoms with Gasteiger partial charge in [-0.15, -0.1) is 0 Å². The van der Waals surface area contributed by atoms with Gasteiger partial charge in [0.25, 0.3) is 0 Å². The van der Waals surface area contributed by atoms with Crippen molar-refractivity contribution >= 4 is 16.0 Å². The molecule has 3 rings (SSSR count). The minimum Gasteiger partial charge on any atom is -0.467 e. The summed E-state index contributed by atoms with van der Waals surface area (Å²) in [5.74, 6) is 0.0957. The summed E-state index contributed by atoms with van der Waals surface area (Å²) in [5.41, 5.74) is -0.519. The van der Waals surface area contributed by atoms with E-state index >= 15 is 0 Å². The number of benzene rings is 2. The fraction of sp³-hybridized carbons (Fsp3) is 0.261. The molecule has 6 nitrogen and oxygen atoms in total. The Morgan fingerprint density at radius 1 is 1.03 bits per heavy atom. The molecule has 0 fully saturated rings. The lowest BCUT2D eigenvalue weighted by Gasteiger charge is -2.24. The zero-order chi connectivity index (χ0) is 24.2. The van der Waals surface area contributed by atoms with E-state index in [0.29, 0.717) is 17.4 Å². The first-order valence-corrected chi connectivity index (χ1v) is 11.4. The molecule has 0 N–H and O–H groups in total. The summed E-state index contributed by atoms with van der Waals surface area (Å²) >= 11 is 0. The van der Waals surface area contributed by atoms with E-state index in [1.807, 2.05) is 0 Å². The van der Waals surface area contributed by atoms with E-state index in [1.165, 1.54) is 24.5 Å². The molecular weight excluding hydrogens is 459 g/mol. The Labute approximate surface area is 189 Å². The Hall–Kier alpha value is -3.27. The second-order valence-electron chi connectivity index (χ2n) is 7.64. The van der Waals surface area contributed by atoms with E-state index in [1.54, 1.807) is 36.9 Å². The molecule has 2 aromatic carbocycles. The number of alkyl halides is 3. The van der Waals surface area contributed by atoms with Crippen LogP contribution in [0.25, 0.3) is 0 Å². The van der Waals surface area contributed by atoms with Crippen molar-refractivity contribution in [3.05, 3.63) is 83.8 Å². The van der Waals surface area contributed by atoms with Crippen LogP contribution in [0.5, 0.6) is 5.75 Å². The topological polar surface area (TPSA) is 76.8 Å². The van der Waals surface area contributed by atoms with Gasteiger partial charge in [0.2, 0.25) is 5.91 Å². The maximum Gasteiger partial charge on any atom is 0.416 e. The summed E-state index contributed by atoms with van der Waals surface area (Å²) < 4.78 is 74.3. The molecule has 0 bridgehead atoms. The van der Waals surface area contributed by atoms with Gasteiger partial charge >= 0.3 is 16.3 Å². The first-order chi connectivity index (χ1) is 15.5. The summed E-state index contributed by atoms with van der Waals surface area (Å²) in [6.07, 6.45) is -3.19. The van der Waals surface area contributed by atoms with Crippen LogP contribution in [0.3, 0.4) is 0 Å². The molecule has 0 atom stereocenters. The van der Waals surface area contributed by atoms with Gasteiger partial charge in [0.1, 0.15) is 16.4 Å². The van der Waals surface area contributed by atoms with Crippen LogP contribution in [0.4, 0.5) is 13.2 Å². The molecule has 0 aliphatic rings. The third kappa shape index (κ3) is 6.38. The van der Waals surface area contributed by atoms with Crippen molar-refractivity contribution in [3.8, 4) is 5.75 Å². The summed E-state index contributed by atoms with van der Waals surface area (Å²) in [4.78, 5) is 13.6. The molecule has 1 heterocycles. The zero-order valence-electron chi connectivity index (χ0n) is 17.9. The highest BCUT2D eigenvalue weighted by Crippen LogP contribution is 2.31. The Balaban J connectivity index is 1.81. The van der Waals surface area contributed by atoms with Gasteiger partial charge in [-0.25, -0.2) is 0 Å². The Bertz CT molecular complexity index is 1200. The average Bonchev–Trinajstić information content (AvgIpc) is 3.25. The van der Waals surface area contributed by atoms with Gasteiger partial charge in [0.05, 0.1) is 18.4 Å². The molecule has 176 valence electrons. The van der Waals surface area contributed by atoms with Crippen LogP contribution in [0.15, 0.2) is 76.2 Å². The lowest BCUT2D eigenvalue weighted by atomic mass is 10.1. The van der Waals surface area contributed by atoms with Gasteiger partial charge in [-0.1, -0.05) is 32.0 Å². The number of halogens is 3. The fourth-order valence-electron chi connectivity index (χ4n) is 3.09. The van der Waals surface area contributed by atoms with Crippen molar-refractivity contribution in [2.45, 2.75) is 38.0 Å². The highest BCUT2D eigenvalue weighted by Gasteiger charge is 2.32. The average molecular weight is 481 g/mol. The van der Waals surface area contributed by atoms with Crippen molar-refractivity contribution in [1.29, 1.82) is 0 Å². The number of amides is 1. The van der Waals surface area contributed by atoms with E-state index in [2.05, 4.69) is 0 Å².